The average molecular weight is 205 g/mol. The lowest BCUT2D eigenvalue weighted by molar-refractivity contribution is -0.140. The van der Waals surface area contributed by atoms with E-state index in [0.29, 0.717) is 19.3 Å². The van der Waals surface area contributed by atoms with Crippen LogP contribution in [0.15, 0.2) is 24.3 Å². The first-order chi connectivity index (χ1) is 7.17. The zero-order valence-electron chi connectivity index (χ0n) is 8.90. The van der Waals surface area contributed by atoms with E-state index in [-0.39, 0.29) is 17.8 Å². The topological polar surface area (TPSA) is 50.1 Å². The van der Waals surface area contributed by atoms with E-state index in [1.807, 2.05) is 12.2 Å². The Balaban J connectivity index is 2.53. The Kier molecular flexibility index (Phi) is 4.11. The molecule has 15 heavy (non-hydrogen) atoms. The van der Waals surface area contributed by atoms with Crippen molar-refractivity contribution >= 4 is 5.97 Å². The Bertz CT molecular complexity index is 325. The molecular formula is C12H15NO2. The van der Waals surface area contributed by atoms with Crippen molar-refractivity contribution < 1.29 is 9.53 Å². The number of carbonyl (C=O) groups excluding carboxylic acids is 1. The van der Waals surface area contributed by atoms with E-state index in [0.717, 1.165) is 5.57 Å². The monoisotopic (exact) mass is 205 g/mol. The van der Waals surface area contributed by atoms with Crippen LogP contribution in [-0.2, 0) is 9.53 Å². The van der Waals surface area contributed by atoms with Crippen molar-refractivity contribution in [3.63, 3.8) is 0 Å². The smallest absolute Gasteiger partial charge is 0.305 e. The van der Waals surface area contributed by atoms with Crippen LogP contribution in [0.2, 0.25) is 0 Å². The Morgan fingerprint density at radius 1 is 1.80 bits per heavy atom. The fraction of sp³-hybridized carbons (Fsp3) is 0.500. The van der Waals surface area contributed by atoms with E-state index < -0.39 is 0 Å². The van der Waals surface area contributed by atoms with E-state index in [1.165, 1.54) is 7.11 Å². The van der Waals surface area contributed by atoms with Gasteiger partial charge in [0.2, 0.25) is 0 Å². The minimum Gasteiger partial charge on any atom is -0.469 e. The summed E-state index contributed by atoms with van der Waals surface area (Å²) in [5.74, 6) is -0.115. The summed E-state index contributed by atoms with van der Waals surface area (Å²) in [6.07, 6.45) is 5.67. The molecule has 1 rings (SSSR count). The van der Waals surface area contributed by atoms with Gasteiger partial charge in [0.25, 0.3) is 0 Å². The summed E-state index contributed by atoms with van der Waals surface area (Å²) in [5, 5.41) is 8.96. The van der Waals surface area contributed by atoms with Crippen molar-refractivity contribution in [3.05, 3.63) is 24.3 Å². The maximum absolute atomic E-state index is 11.0. The minimum atomic E-state index is -0.218. The molecule has 3 heteroatoms. The predicted molar refractivity (Wildman–Crippen MR) is 56.7 cm³/mol. The fourth-order valence-corrected chi connectivity index (χ4v) is 1.72. The van der Waals surface area contributed by atoms with Crippen molar-refractivity contribution in [3.8, 4) is 6.07 Å². The lowest BCUT2D eigenvalue weighted by atomic mass is 9.80. The van der Waals surface area contributed by atoms with Crippen molar-refractivity contribution in [2.24, 2.45) is 11.8 Å². The number of nitrogens with zero attached hydrogens (tertiary/aromatic N) is 1. The third-order valence-electron chi connectivity index (χ3n) is 2.65. The minimum absolute atomic E-state index is 0.0489. The van der Waals surface area contributed by atoms with Gasteiger partial charge in [0.05, 0.1) is 19.1 Å². The third-order valence-corrected chi connectivity index (χ3v) is 2.65. The summed E-state index contributed by atoms with van der Waals surface area (Å²) in [7, 11) is 1.38. The molecule has 0 aromatic heterocycles. The molecule has 3 nitrogen and oxygen atoms in total. The van der Waals surface area contributed by atoms with Crippen molar-refractivity contribution in [2.75, 3.05) is 7.11 Å². The highest BCUT2D eigenvalue weighted by Crippen LogP contribution is 2.29. The molecule has 0 saturated heterocycles. The predicted octanol–water partition coefficient (Wildman–Crippen LogP) is 2.21. The van der Waals surface area contributed by atoms with Crippen LogP contribution in [0.5, 0.6) is 0 Å². The lowest BCUT2D eigenvalue weighted by Gasteiger charge is -2.22. The lowest BCUT2D eigenvalue weighted by Crippen LogP contribution is -2.16. The van der Waals surface area contributed by atoms with Gasteiger partial charge in [0.1, 0.15) is 0 Å². The molecule has 0 aromatic rings. The fourth-order valence-electron chi connectivity index (χ4n) is 1.72. The molecule has 0 spiro atoms. The first kappa shape index (κ1) is 11.5. The SMILES string of the molecule is C=C1C=CC(CCC(=O)OC)C(C#N)C1. The van der Waals surface area contributed by atoms with E-state index in [4.69, 9.17) is 5.26 Å². The van der Waals surface area contributed by atoms with Crippen LogP contribution in [0.1, 0.15) is 19.3 Å². The quantitative estimate of drug-likeness (QED) is 0.664. The summed E-state index contributed by atoms with van der Waals surface area (Å²) in [5.41, 5.74) is 0.982. The molecule has 80 valence electrons. The van der Waals surface area contributed by atoms with E-state index in [1.54, 1.807) is 0 Å². The summed E-state index contributed by atoms with van der Waals surface area (Å²) in [4.78, 5) is 11.0. The molecule has 1 aliphatic rings. The molecular weight excluding hydrogens is 190 g/mol. The van der Waals surface area contributed by atoms with E-state index in [9.17, 15) is 4.79 Å². The molecule has 0 aromatic carbocycles. The highest BCUT2D eigenvalue weighted by atomic mass is 16.5. The van der Waals surface area contributed by atoms with Crippen molar-refractivity contribution in [1.82, 2.24) is 0 Å². The maximum Gasteiger partial charge on any atom is 0.305 e. The Morgan fingerprint density at radius 3 is 3.13 bits per heavy atom. The summed E-state index contributed by atoms with van der Waals surface area (Å²) >= 11 is 0. The first-order valence-electron chi connectivity index (χ1n) is 4.99. The Hall–Kier alpha value is -1.56. The van der Waals surface area contributed by atoms with E-state index >= 15 is 0 Å². The molecule has 0 saturated carbocycles. The molecule has 0 radical (unpaired) electrons. The maximum atomic E-state index is 11.0. The van der Waals surface area contributed by atoms with Gasteiger partial charge in [0.15, 0.2) is 0 Å². The highest BCUT2D eigenvalue weighted by Gasteiger charge is 2.23. The average Bonchev–Trinajstić information content (AvgIpc) is 2.26. The molecule has 0 heterocycles. The Morgan fingerprint density at radius 2 is 2.53 bits per heavy atom. The van der Waals surface area contributed by atoms with Crippen LogP contribution >= 0.6 is 0 Å². The van der Waals surface area contributed by atoms with E-state index in [2.05, 4.69) is 17.4 Å². The summed E-state index contributed by atoms with van der Waals surface area (Å²) < 4.78 is 4.57. The van der Waals surface area contributed by atoms with Gasteiger partial charge in [-0.1, -0.05) is 24.3 Å². The second-order valence-corrected chi connectivity index (χ2v) is 3.74. The van der Waals surface area contributed by atoms with Crippen molar-refractivity contribution in [1.29, 1.82) is 5.26 Å². The van der Waals surface area contributed by atoms with Crippen LogP contribution in [0.4, 0.5) is 0 Å². The standard InChI is InChI=1S/C12H15NO2/c1-9-3-4-10(11(7-9)8-13)5-6-12(14)15-2/h3-4,10-11H,1,5-7H2,2H3. The number of carbonyl (C=O) groups is 1. The van der Waals surface area contributed by atoms with Gasteiger partial charge in [-0.2, -0.15) is 5.26 Å². The van der Waals surface area contributed by atoms with Crippen LogP contribution in [-0.4, -0.2) is 13.1 Å². The Labute approximate surface area is 90.0 Å². The molecule has 0 fully saturated rings. The normalized spacial score (nSPS) is 24.7. The van der Waals surface area contributed by atoms with Gasteiger partial charge >= 0.3 is 5.97 Å². The molecule has 2 atom stereocenters. The van der Waals surface area contributed by atoms with Crippen LogP contribution in [0, 0.1) is 23.2 Å². The number of hydrogen-bond acceptors (Lipinski definition) is 3. The van der Waals surface area contributed by atoms with Crippen LogP contribution < -0.4 is 0 Å². The molecule has 0 amide bonds. The second kappa shape index (κ2) is 5.35. The number of nitriles is 1. The van der Waals surface area contributed by atoms with Crippen molar-refractivity contribution in [2.45, 2.75) is 19.3 Å². The number of allylic oxidation sites excluding steroid dienone is 3. The highest BCUT2D eigenvalue weighted by molar-refractivity contribution is 5.69. The first-order valence-corrected chi connectivity index (χ1v) is 4.99. The number of ether oxygens (including phenoxy) is 1. The zero-order valence-corrected chi connectivity index (χ0v) is 8.90. The van der Waals surface area contributed by atoms with Gasteiger partial charge < -0.3 is 4.74 Å². The molecule has 1 aliphatic carbocycles. The second-order valence-electron chi connectivity index (χ2n) is 3.74. The largest absolute Gasteiger partial charge is 0.469 e. The molecule has 2 unspecified atom stereocenters. The molecule has 0 aliphatic heterocycles. The molecule has 0 bridgehead atoms. The van der Waals surface area contributed by atoms with Crippen LogP contribution in [0.25, 0.3) is 0 Å². The number of methoxy groups -OCH3 is 1. The van der Waals surface area contributed by atoms with Gasteiger partial charge in [-0.25, -0.2) is 0 Å². The number of rotatable bonds is 3. The van der Waals surface area contributed by atoms with Crippen LogP contribution in [0.3, 0.4) is 0 Å². The summed E-state index contributed by atoms with van der Waals surface area (Å²) in [6.45, 7) is 3.83. The van der Waals surface area contributed by atoms with Gasteiger partial charge in [-0.3, -0.25) is 4.79 Å². The molecule has 0 N–H and O–H groups in total. The third kappa shape index (κ3) is 3.25. The van der Waals surface area contributed by atoms with Gasteiger partial charge in [-0.05, 0) is 18.8 Å². The zero-order chi connectivity index (χ0) is 11.3. The number of hydrogen-bond donors (Lipinski definition) is 0. The summed E-state index contributed by atoms with van der Waals surface area (Å²) in [6, 6.07) is 2.26. The van der Waals surface area contributed by atoms with Gasteiger partial charge in [-0.15, -0.1) is 0 Å². The van der Waals surface area contributed by atoms with Gasteiger partial charge in [0, 0.05) is 6.42 Å². The number of esters is 1.